The summed E-state index contributed by atoms with van der Waals surface area (Å²) in [6, 6.07) is 1.50. The van der Waals surface area contributed by atoms with Crippen molar-refractivity contribution in [2.24, 2.45) is 0 Å². The smallest absolute Gasteiger partial charge is 0.370 e. The van der Waals surface area contributed by atoms with Crippen LogP contribution in [0.25, 0.3) is 11.3 Å². The molecule has 0 aliphatic heterocycles. The topological polar surface area (TPSA) is 55.6 Å². The second-order valence-electron chi connectivity index (χ2n) is 4.47. The van der Waals surface area contributed by atoms with Crippen molar-refractivity contribution in [1.82, 2.24) is 19.7 Å². The van der Waals surface area contributed by atoms with E-state index in [1.807, 2.05) is 13.8 Å². The molecule has 0 spiro atoms. The van der Waals surface area contributed by atoms with Crippen molar-refractivity contribution < 1.29 is 13.2 Å². The lowest BCUT2D eigenvalue weighted by atomic mass is 10.2. The monoisotopic (exact) mass is 299 g/mol. The van der Waals surface area contributed by atoms with E-state index in [1.54, 1.807) is 10.9 Å². The van der Waals surface area contributed by atoms with Crippen LogP contribution >= 0.6 is 0 Å². The minimum atomic E-state index is -4.58. The van der Waals surface area contributed by atoms with Gasteiger partial charge in [-0.2, -0.15) is 18.3 Å². The van der Waals surface area contributed by atoms with Gasteiger partial charge in [0.1, 0.15) is 5.82 Å². The van der Waals surface area contributed by atoms with Crippen LogP contribution in [0.5, 0.6) is 0 Å². The lowest BCUT2D eigenvalue weighted by Crippen LogP contribution is -2.14. The van der Waals surface area contributed by atoms with Crippen LogP contribution in [-0.2, 0) is 12.7 Å². The first-order valence-corrected chi connectivity index (χ1v) is 6.67. The molecule has 0 fully saturated rings. The Morgan fingerprint density at radius 2 is 2.00 bits per heavy atom. The Morgan fingerprint density at radius 1 is 1.24 bits per heavy atom. The predicted octanol–water partition coefficient (Wildman–Crippen LogP) is 3.20. The third kappa shape index (κ3) is 3.71. The molecule has 2 aromatic heterocycles. The molecule has 0 saturated heterocycles. The van der Waals surface area contributed by atoms with Crippen LogP contribution in [0.3, 0.4) is 0 Å². The van der Waals surface area contributed by atoms with Crippen LogP contribution < -0.4 is 5.32 Å². The molecule has 0 saturated carbocycles. The normalized spacial score (nSPS) is 11.7. The summed E-state index contributed by atoms with van der Waals surface area (Å²) in [4.78, 5) is 7.12. The molecule has 21 heavy (non-hydrogen) atoms. The van der Waals surface area contributed by atoms with Crippen molar-refractivity contribution in [1.29, 1.82) is 0 Å². The van der Waals surface area contributed by atoms with Gasteiger partial charge < -0.3 is 5.32 Å². The van der Waals surface area contributed by atoms with Gasteiger partial charge in [-0.3, -0.25) is 4.68 Å². The Labute approximate surface area is 120 Å². The summed E-state index contributed by atoms with van der Waals surface area (Å²) in [5.74, 6) is -0.985. The molecule has 1 N–H and O–H groups in total. The standard InChI is InChI=1S/C13H16F3N5/c1-3-5-17-11-6-10(9-7-18-21(4-2)8-9)19-12(20-11)13(14,15)16/h6-8H,3-5H2,1-2H3,(H,17,19,20). The highest BCUT2D eigenvalue weighted by molar-refractivity contribution is 5.61. The fourth-order valence-corrected chi connectivity index (χ4v) is 1.73. The number of aryl methyl sites for hydroxylation is 1. The zero-order chi connectivity index (χ0) is 15.5. The molecule has 2 rings (SSSR count). The third-order valence-corrected chi connectivity index (χ3v) is 2.79. The summed E-state index contributed by atoms with van der Waals surface area (Å²) in [6.07, 6.45) is -0.643. The number of hydrogen-bond acceptors (Lipinski definition) is 4. The number of nitrogens with one attached hydrogen (secondary N) is 1. The maximum absolute atomic E-state index is 12.9. The Hall–Kier alpha value is -2.12. The first-order valence-electron chi connectivity index (χ1n) is 6.67. The molecule has 0 bridgehead atoms. The number of nitrogens with zero attached hydrogens (tertiary/aromatic N) is 4. The maximum atomic E-state index is 12.9. The fourth-order valence-electron chi connectivity index (χ4n) is 1.73. The quantitative estimate of drug-likeness (QED) is 0.921. The second kappa shape index (κ2) is 6.11. The largest absolute Gasteiger partial charge is 0.451 e. The molecule has 0 unspecified atom stereocenters. The molecular formula is C13H16F3N5. The maximum Gasteiger partial charge on any atom is 0.451 e. The van der Waals surface area contributed by atoms with Crippen molar-refractivity contribution in [3.63, 3.8) is 0 Å². The van der Waals surface area contributed by atoms with Gasteiger partial charge in [0.15, 0.2) is 0 Å². The average molecular weight is 299 g/mol. The molecule has 0 atom stereocenters. The van der Waals surface area contributed by atoms with Gasteiger partial charge in [0.05, 0.1) is 11.9 Å². The van der Waals surface area contributed by atoms with Gasteiger partial charge in [-0.15, -0.1) is 0 Å². The molecule has 0 amide bonds. The Bertz CT molecular complexity index is 606. The average Bonchev–Trinajstić information content (AvgIpc) is 2.93. The van der Waals surface area contributed by atoms with Gasteiger partial charge in [0.2, 0.25) is 5.82 Å². The summed E-state index contributed by atoms with van der Waals surface area (Å²) in [5.41, 5.74) is 0.736. The number of hydrogen-bond donors (Lipinski definition) is 1. The van der Waals surface area contributed by atoms with E-state index >= 15 is 0 Å². The number of aromatic nitrogens is 4. The zero-order valence-electron chi connectivity index (χ0n) is 11.8. The summed E-state index contributed by atoms with van der Waals surface area (Å²) in [5, 5.41) is 6.91. The zero-order valence-corrected chi connectivity index (χ0v) is 11.8. The predicted molar refractivity (Wildman–Crippen MR) is 72.7 cm³/mol. The van der Waals surface area contributed by atoms with E-state index in [0.717, 1.165) is 6.42 Å². The van der Waals surface area contributed by atoms with Crippen LogP contribution in [0.1, 0.15) is 26.1 Å². The van der Waals surface area contributed by atoms with Crippen LogP contribution in [0.15, 0.2) is 18.5 Å². The van der Waals surface area contributed by atoms with Gasteiger partial charge in [0, 0.05) is 30.9 Å². The van der Waals surface area contributed by atoms with Gasteiger partial charge in [-0.1, -0.05) is 6.92 Å². The van der Waals surface area contributed by atoms with E-state index in [2.05, 4.69) is 20.4 Å². The van der Waals surface area contributed by atoms with Crippen LogP contribution in [0.2, 0.25) is 0 Å². The van der Waals surface area contributed by atoms with Crippen molar-refractivity contribution in [3.8, 4) is 11.3 Å². The molecule has 0 aromatic carbocycles. The highest BCUT2D eigenvalue weighted by Gasteiger charge is 2.35. The van der Waals surface area contributed by atoms with E-state index in [9.17, 15) is 13.2 Å². The molecule has 114 valence electrons. The van der Waals surface area contributed by atoms with Crippen molar-refractivity contribution in [2.45, 2.75) is 33.0 Å². The molecule has 0 radical (unpaired) electrons. The Balaban J connectivity index is 2.43. The van der Waals surface area contributed by atoms with Gasteiger partial charge >= 0.3 is 6.18 Å². The number of anilines is 1. The minimum absolute atomic E-state index is 0.165. The van der Waals surface area contributed by atoms with Crippen LogP contribution in [0.4, 0.5) is 19.0 Å². The molecule has 5 nitrogen and oxygen atoms in total. The van der Waals surface area contributed by atoms with Crippen molar-refractivity contribution >= 4 is 5.82 Å². The van der Waals surface area contributed by atoms with Crippen molar-refractivity contribution in [2.75, 3.05) is 11.9 Å². The summed E-state index contributed by atoms with van der Waals surface area (Å²) in [6.45, 7) is 5.00. The Morgan fingerprint density at radius 3 is 2.57 bits per heavy atom. The summed E-state index contributed by atoms with van der Waals surface area (Å²) >= 11 is 0. The van der Waals surface area contributed by atoms with E-state index in [1.165, 1.54) is 12.3 Å². The number of halogens is 3. The van der Waals surface area contributed by atoms with Gasteiger partial charge in [-0.05, 0) is 13.3 Å². The van der Waals surface area contributed by atoms with Gasteiger partial charge in [0.25, 0.3) is 0 Å². The van der Waals surface area contributed by atoms with E-state index in [4.69, 9.17) is 0 Å². The lowest BCUT2D eigenvalue weighted by Gasteiger charge is -2.10. The minimum Gasteiger partial charge on any atom is -0.370 e. The molecule has 0 aliphatic rings. The molecule has 0 aliphatic carbocycles. The lowest BCUT2D eigenvalue weighted by molar-refractivity contribution is -0.144. The molecule has 2 heterocycles. The summed E-state index contributed by atoms with van der Waals surface area (Å²) in [7, 11) is 0. The molecular weight excluding hydrogens is 283 g/mol. The van der Waals surface area contributed by atoms with Crippen LogP contribution in [-0.4, -0.2) is 26.3 Å². The fraction of sp³-hybridized carbons (Fsp3) is 0.462. The highest BCUT2D eigenvalue weighted by Crippen LogP contribution is 2.29. The van der Waals surface area contributed by atoms with Crippen LogP contribution in [0, 0.1) is 0 Å². The molecule has 2 aromatic rings. The summed E-state index contributed by atoms with van der Waals surface area (Å²) < 4.78 is 40.3. The molecule has 8 heteroatoms. The first-order chi connectivity index (χ1) is 9.94. The Kier molecular flexibility index (Phi) is 4.44. The van der Waals surface area contributed by atoms with E-state index < -0.39 is 12.0 Å². The number of alkyl halides is 3. The van der Waals surface area contributed by atoms with Crippen molar-refractivity contribution in [3.05, 3.63) is 24.3 Å². The van der Waals surface area contributed by atoms with E-state index in [-0.39, 0.29) is 11.5 Å². The van der Waals surface area contributed by atoms with E-state index in [0.29, 0.717) is 18.7 Å². The third-order valence-electron chi connectivity index (χ3n) is 2.79. The highest BCUT2D eigenvalue weighted by atomic mass is 19.4. The SMILES string of the molecule is CCCNc1cc(-c2cnn(CC)c2)nc(C(F)(F)F)n1. The number of rotatable bonds is 5. The van der Waals surface area contributed by atoms with Gasteiger partial charge in [-0.25, -0.2) is 9.97 Å². The second-order valence-corrected chi connectivity index (χ2v) is 4.47. The first kappa shape index (κ1) is 15.3.